The number of halogens is 3. The summed E-state index contributed by atoms with van der Waals surface area (Å²) < 4.78 is 60.9. The Bertz CT molecular complexity index is 1640. The van der Waals surface area contributed by atoms with Gasteiger partial charge in [0.05, 0.1) is 42.8 Å². The number of aliphatic carboxylic acids is 1. The molecule has 1 saturated heterocycles. The Morgan fingerprint density at radius 3 is 2.22 bits per heavy atom. The normalized spacial score (nSPS) is 15.5. The number of carboxylic acids is 1. The van der Waals surface area contributed by atoms with Gasteiger partial charge in [-0.3, -0.25) is 14.4 Å². The zero-order valence-corrected chi connectivity index (χ0v) is 28.1. The largest absolute Gasteiger partial charge is 0.481 e. The van der Waals surface area contributed by atoms with Crippen LogP contribution < -0.4 is 15.0 Å². The van der Waals surface area contributed by atoms with E-state index in [2.05, 4.69) is 10.1 Å². The zero-order valence-electron chi connectivity index (χ0n) is 28.1. The van der Waals surface area contributed by atoms with Crippen molar-refractivity contribution in [1.29, 1.82) is 5.26 Å². The van der Waals surface area contributed by atoms with Crippen molar-refractivity contribution in [3.05, 3.63) is 53.3 Å². The quantitative estimate of drug-likeness (QED) is 0.321. The molecule has 2 aromatic carbocycles. The lowest BCUT2D eigenvalue weighted by Gasteiger charge is -2.36. The molecule has 2 aromatic rings. The Kier molecular flexibility index (Phi) is 12.4. The Hall–Kier alpha value is -5.37. The third kappa shape index (κ3) is 10.8. The molecular formula is C33H37F3N4O10. The van der Waals surface area contributed by atoms with Crippen LogP contribution in [-0.4, -0.2) is 77.0 Å². The number of nitrogens with one attached hydrogen (secondary N) is 1. The number of anilines is 2. The predicted octanol–water partition coefficient (Wildman–Crippen LogP) is 5.43. The number of imide groups is 1. The van der Waals surface area contributed by atoms with Gasteiger partial charge in [0.1, 0.15) is 28.9 Å². The topological polar surface area (TPSA) is 185 Å². The zero-order chi connectivity index (χ0) is 37.6. The van der Waals surface area contributed by atoms with Gasteiger partial charge in [-0.1, -0.05) is 0 Å². The predicted molar refractivity (Wildman–Crippen MR) is 169 cm³/mol. The number of carboxylic acid groups (broad SMARTS) is 1. The number of ether oxygens (including phenoxy) is 4. The van der Waals surface area contributed by atoms with Crippen LogP contribution in [0.5, 0.6) is 5.75 Å². The van der Waals surface area contributed by atoms with Crippen LogP contribution in [0.2, 0.25) is 0 Å². The van der Waals surface area contributed by atoms with E-state index in [1.807, 2.05) is 6.07 Å². The average Bonchev–Trinajstić information content (AvgIpc) is 2.98. The summed E-state index contributed by atoms with van der Waals surface area (Å²) in [7, 11) is 0. The minimum atomic E-state index is -3.31. The summed E-state index contributed by atoms with van der Waals surface area (Å²) in [4.78, 5) is 66.6. The van der Waals surface area contributed by atoms with E-state index in [9.17, 15) is 47.5 Å². The molecule has 4 amide bonds. The number of rotatable bonds is 10. The van der Waals surface area contributed by atoms with Crippen LogP contribution in [0.4, 0.5) is 34.1 Å². The number of hydrogen-bond donors (Lipinski definition) is 2. The number of carbonyl (C=O) groups excluding carboxylic acids is 4. The highest BCUT2D eigenvalue weighted by Crippen LogP contribution is 2.34. The van der Waals surface area contributed by atoms with Crippen molar-refractivity contribution in [3.8, 4) is 11.8 Å². The van der Waals surface area contributed by atoms with Gasteiger partial charge in [-0.05, 0) is 77.4 Å². The maximum Gasteiger partial charge on any atom is 0.420 e. The van der Waals surface area contributed by atoms with Gasteiger partial charge in [-0.2, -0.15) is 14.0 Å². The molecule has 0 aliphatic carbocycles. The first-order valence-electron chi connectivity index (χ1n) is 15.2. The molecule has 1 heterocycles. The number of benzene rings is 2. The minimum Gasteiger partial charge on any atom is -0.481 e. The fraction of sp³-hybridized carbons (Fsp3) is 0.455. The van der Waals surface area contributed by atoms with Crippen LogP contribution in [0.3, 0.4) is 0 Å². The maximum atomic E-state index is 14.1. The summed E-state index contributed by atoms with van der Waals surface area (Å²) in [5.41, 5.74) is -2.36. The second kappa shape index (κ2) is 15.9. The molecule has 2 atom stereocenters. The summed E-state index contributed by atoms with van der Waals surface area (Å²) in [6.07, 6.45) is -4.84. The van der Waals surface area contributed by atoms with Gasteiger partial charge in [0.15, 0.2) is 0 Å². The highest BCUT2D eigenvalue weighted by atomic mass is 19.3. The minimum absolute atomic E-state index is 0.000509. The lowest BCUT2D eigenvalue weighted by molar-refractivity contribution is -0.149. The van der Waals surface area contributed by atoms with E-state index < -0.39 is 84.3 Å². The molecule has 0 radical (unpaired) electrons. The molecular weight excluding hydrogens is 669 g/mol. The standard InChI is InChI=1S/C33H37F3N4O10/c1-32(2,3)49-30(45)40(31(46)50-33(4,5)6)17-19-13-21(9-7-18(19)16-37)38-27(43)22(15-25(41)42)26-28(44)39(11-12-47-26)23-14-20(34)8-10-24(23)48-29(35)36/h7-10,13-14,22,26,29H,11-12,15,17H2,1-6H3,(H,38,43)(H,41,42)/t22-,26-/m1/s1. The first kappa shape index (κ1) is 39.1. The first-order chi connectivity index (χ1) is 23.2. The van der Waals surface area contributed by atoms with Gasteiger partial charge in [-0.25, -0.2) is 18.9 Å². The first-order valence-corrected chi connectivity index (χ1v) is 15.2. The van der Waals surface area contributed by atoms with Crippen LogP contribution in [0.15, 0.2) is 36.4 Å². The van der Waals surface area contributed by atoms with Crippen LogP contribution >= 0.6 is 0 Å². The molecule has 1 fully saturated rings. The smallest absolute Gasteiger partial charge is 0.420 e. The second-order valence-corrected chi connectivity index (χ2v) is 13.0. The summed E-state index contributed by atoms with van der Waals surface area (Å²) >= 11 is 0. The van der Waals surface area contributed by atoms with Crippen LogP contribution in [0, 0.1) is 23.1 Å². The van der Waals surface area contributed by atoms with Gasteiger partial charge in [0.25, 0.3) is 5.91 Å². The van der Waals surface area contributed by atoms with Crippen LogP contribution in [-0.2, 0) is 35.1 Å². The van der Waals surface area contributed by atoms with Crippen molar-refractivity contribution in [2.45, 2.75) is 78.4 Å². The lowest BCUT2D eigenvalue weighted by atomic mass is 9.94. The van der Waals surface area contributed by atoms with Gasteiger partial charge in [0.2, 0.25) is 5.91 Å². The van der Waals surface area contributed by atoms with Crippen LogP contribution in [0.1, 0.15) is 59.1 Å². The highest BCUT2D eigenvalue weighted by Gasteiger charge is 2.42. The molecule has 2 N–H and O–H groups in total. The molecule has 14 nitrogen and oxygen atoms in total. The molecule has 0 unspecified atom stereocenters. The third-order valence-corrected chi connectivity index (χ3v) is 6.70. The number of nitrogens with zero attached hydrogens (tertiary/aromatic N) is 3. The van der Waals surface area contributed by atoms with Gasteiger partial charge in [0, 0.05) is 18.3 Å². The van der Waals surface area contributed by atoms with Crippen molar-refractivity contribution in [1.82, 2.24) is 4.90 Å². The Morgan fingerprint density at radius 2 is 1.68 bits per heavy atom. The third-order valence-electron chi connectivity index (χ3n) is 6.70. The molecule has 1 aliphatic heterocycles. The molecule has 0 aromatic heterocycles. The SMILES string of the molecule is CC(C)(C)OC(=O)N(Cc1cc(NC(=O)[C@H](CC(=O)O)[C@H]2OCCN(c3cc(F)ccc3OC(F)F)C2=O)ccc1C#N)C(=O)OC(C)(C)C. The van der Waals surface area contributed by atoms with E-state index in [-0.39, 0.29) is 35.7 Å². The van der Waals surface area contributed by atoms with E-state index in [1.165, 1.54) is 18.2 Å². The lowest BCUT2D eigenvalue weighted by Crippen LogP contribution is -2.53. The maximum absolute atomic E-state index is 14.1. The number of hydrogen-bond acceptors (Lipinski definition) is 10. The second-order valence-electron chi connectivity index (χ2n) is 13.0. The number of amides is 4. The van der Waals surface area contributed by atoms with Crippen molar-refractivity contribution >= 4 is 41.3 Å². The number of nitriles is 1. The Labute approximate surface area is 285 Å². The molecule has 0 bridgehead atoms. The van der Waals surface area contributed by atoms with Gasteiger partial charge in [-0.15, -0.1) is 0 Å². The van der Waals surface area contributed by atoms with Crippen molar-refractivity contribution in [2.75, 3.05) is 23.4 Å². The summed E-state index contributed by atoms with van der Waals surface area (Å²) in [6.45, 7) is 5.09. The number of carbonyl (C=O) groups is 5. The highest BCUT2D eigenvalue weighted by molar-refractivity contribution is 6.04. The fourth-order valence-electron chi connectivity index (χ4n) is 4.71. The summed E-state index contributed by atoms with van der Waals surface area (Å²) in [6, 6.07) is 8.27. The molecule has 1 aliphatic rings. The monoisotopic (exact) mass is 706 g/mol. The number of alkyl halides is 2. The molecule has 3 rings (SSSR count). The number of morpholine rings is 1. The fourth-order valence-corrected chi connectivity index (χ4v) is 4.71. The Morgan fingerprint density at radius 1 is 1.06 bits per heavy atom. The molecule has 50 heavy (non-hydrogen) atoms. The van der Waals surface area contributed by atoms with Crippen LogP contribution in [0.25, 0.3) is 0 Å². The van der Waals surface area contributed by atoms with Gasteiger partial charge < -0.3 is 34.3 Å². The van der Waals surface area contributed by atoms with E-state index in [0.29, 0.717) is 4.90 Å². The average molecular weight is 707 g/mol. The molecule has 17 heteroatoms. The summed E-state index contributed by atoms with van der Waals surface area (Å²) in [5.74, 6) is -6.65. The van der Waals surface area contributed by atoms with E-state index in [1.54, 1.807) is 41.5 Å². The molecule has 0 saturated carbocycles. The van der Waals surface area contributed by atoms with Gasteiger partial charge >= 0.3 is 24.8 Å². The Balaban J connectivity index is 1.94. The summed E-state index contributed by atoms with van der Waals surface area (Å²) in [5, 5.41) is 21.8. The van der Waals surface area contributed by atoms with E-state index >= 15 is 0 Å². The van der Waals surface area contributed by atoms with Crippen molar-refractivity contribution in [3.63, 3.8) is 0 Å². The van der Waals surface area contributed by atoms with E-state index in [0.717, 1.165) is 23.1 Å². The van der Waals surface area contributed by atoms with Crippen molar-refractivity contribution in [2.24, 2.45) is 5.92 Å². The molecule has 270 valence electrons. The van der Waals surface area contributed by atoms with E-state index in [4.69, 9.17) is 14.2 Å². The van der Waals surface area contributed by atoms with Crippen molar-refractivity contribution < 1.29 is 61.2 Å². The molecule has 0 spiro atoms.